The van der Waals surface area contributed by atoms with E-state index in [-0.39, 0.29) is 17.8 Å². The van der Waals surface area contributed by atoms with E-state index in [4.69, 9.17) is 16.3 Å². The van der Waals surface area contributed by atoms with Crippen molar-refractivity contribution in [3.05, 3.63) is 76.3 Å². The summed E-state index contributed by atoms with van der Waals surface area (Å²) in [6.45, 7) is 5.44. The molecule has 0 aliphatic carbocycles. The van der Waals surface area contributed by atoms with Gasteiger partial charge in [0.05, 0.1) is 29.2 Å². The molecule has 4 aromatic rings. The standard InChI is InChI=1S/C28H28ClFN4O4/c1-4-5-9-38-26(36)16-7-6-8-18(29)24(16)22-12-23(35)25-33-20-11-19(30)17(10-21(20)34(22)25)15-13-31-27(32-14-15)28(2,3)37/h6-8,10-11,13-14,22-23,35,37H,4-5,9,12H2,1-3H3/t22-,23+/m1/s1. The van der Waals surface area contributed by atoms with Crippen molar-refractivity contribution in [2.45, 2.75) is 57.8 Å². The van der Waals surface area contributed by atoms with Gasteiger partial charge in [0.2, 0.25) is 0 Å². The predicted molar refractivity (Wildman–Crippen MR) is 140 cm³/mol. The number of halogens is 2. The van der Waals surface area contributed by atoms with E-state index >= 15 is 4.39 Å². The van der Waals surface area contributed by atoms with Gasteiger partial charge in [-0.2, -0.15) is 0 Å². The normalized spacial score (nSPS) is 17.1. The van der Waals surface area contributed by atoms with Crippen molar-refractivity contribution in [1.29, 1.82) is 0 Å². The smallest absolute Gasteiger partial charge is 0.338 e. The minimum atomic E-state index is -1.24. The summed E-state index contributed by atoms with van der Waals surface area (Å²) in [6.07, 6.45) is 3.85. The number of hydrogen-bond donors (Lipinski definition) is 2. The highest BCUT2D eigenvalue weighted by Crippen LogP contribution is 2.45. The number of fused-ring (bicyclic) bond motifs is 3. The van der Waals surface area contributed by atoms with E-state index in [2.05, 4.69) is 15.0 Å². The summed E-state index contributed by atoms with van der Waals surface area (Å²) >= 11 is 6.63. The molecule has 0 amide bonds. The highest BCUT2D eigenvalue weighted by Gasteiger charge is 2.37. The van der Waals surface area contributed by atoms with Gasteiger partial charge in [0.25, 0.3) is 0 Å². The van der Waals surface area contributed by atoms with Crippen LogP contribution in [-0.2, 0) is 10.3 Å². The molecule has 1 aliphatic heterocycles. The van der Waals surface area contributed by atoms with E-state index in [9.17, 15) is 15.0 Å². The van der Waals surface area contributed by atoms with E-state index in [1.807, 2.05) is 6.92 Å². The number of unbranched alkanes of at least 4 members (excludes halogenated alkanes) is 1. The van der Waals surface area contributed by atoms with Crippen LogP contribution in [-0.4, -0.2) is 42.3 Å². The summed E-state index contributed by atoms with van der Waals surface area (Å²) in [5, 5.41) is 21.4. The average molecular weight is 539 g/mol. The molecule has 0 fully saturated rings. The van der Waals surface area contributed by atoms with Crippen molar-refractivity contribution >= 4 is 28.6 Å². The number of rotatable bonds is 7. The SMILES string of the molecule is CCCCOC(=O)c1cccc(Cl)c1[C@H]1C[C@H](O)c2nc3cc(F)c(-c4cnc(C(C)(C)O)nc4)cc3n21. The molecular weight excluding hydrogens is 511 g/mol. The molecule has 0 bridgehead atoms. The fourth-order valence-electron chi connectivity index (χ4n) is 4.81. The molecule has 0 unspecified atom stereocenters. The zero-order valence-electron chi connectivity index (χ0n) is 21.3. The molecule has 10 heteroatoms. The number of aliphatic hydroxyl groups is 2. The first-order valence-electron chi connectivity index (χ1n) is 12.5. The number of carbonyl (C=O) groups excluding carboxylic acids is 1. The van der Waals surface area contributed by atoms with E-state index in [0.717, 1.165) is 12.8 Å². The van der Waals surface area contributed by atoms with Crippen LogP contribution in [0.1, 0.15) is 79.7 Å². The Morgan fingerprint density at radius 3 is 2.68 bits per heavy atom. The Hall–Kier alpha value is -3.40. The second kappa shape index (κ2) is 10.1. The summed E-state index contributed by atoms with van der Waals surface area (Å²) in [4.78, 5) is 25.9. The number of carbonyl (C=O) groups is 1. The highest BCUT2D eigenvalue weighted by atomic mass is 35.5. The van der Waals surface area contributed by atoms with E-state index in [0.29, 0.717) is 45.2 Å². The average Bonchev–Trinajstić information content (AvgIpc) is 3.39. The Bertz CT molecular complexity index is 1510. The lowest BCUT2D eigenvalue weighted by molar-refractivity contribution is 0.0497. The van der Waals surface area contributed by atoms with Crippen LogP contribution in [0.5, 0.6) is 0 Å². The quantitative estimate of drug-likeness (QED) is 0.236. The first-order valence-corrected chi connectivity index (χ1v) is 12.9. The number of aliphatic hydroxyl groups excluding tert-OH is 1. The molecule has 2 aromatic carbocycles. The van der Waals surface area contributed by atoms with Crippen LogP contribution >= 0.6 is 11.6 Å². The zero-order valence-corrected chi connectivity index (χ0v) is 22.0. The molecule has 0 radical (unpaired) electrons. The van der Waals surface area contributed by atoms with Crippen molar-refractivity contribution in [3.63, 3.8) is 0 Å². The van der Waals surface area contributed by atoms with Crippen LogP contribution in [0.3, 0.4) is 0 Å². The number of esters is 1. The molecule has 0 saturated heterocycles. The minimum absolute atomic E-state index is 0.216. The third-order valence-electron chi connectivity index (χ3n) is 6.71. The van der Waals surface area contributed by atoms with Crippen molar-refractivity contribution in [1.82, 2.24) is 19.5 Å². The van der Waals surface area contributed by atoms with Gasteiger partial charge in [-0.3, -0.25) is 0 Å². The van der Waals surface area contributed by atoms with Crippen molar-refractivity contribution < 1.29 is 24.1 Å². The van der Waals surface area contributed by atoms with Gasteiger partial charge in [-0.15, -0.1) is 0 Å². The molecule has 2 aromatic heterocycles. The van der Waals surface area contributed by atoms with Gasteiger partial charge in [-0.25, -0.2) is 24.1 Å². The van der Waals surface area contributed by atoms with Crippen LogP contribution in [0.15, 0.2) is 42.7 Å². The Morgan fingerprint density at radius 1 is 1.26 bits per heavy atom. The zero-order chi connectivity index (χ0) is 27.2. The van der Waals surface area contributed by atoms with Crippen LogP contribution in [0.25, 0.3) is 22.2 Å². The Kier molecular flexibility index (Phi) is 6.94. The van der Waals surface area contributed by atoms with Crippen LogP contribution < -0.4 is 0 Å². The lowest BCUT2D eigenvalue weighted by Gasteiger charge is -2.20. The first-order chi connectivity index (χ1) is 18.1. The monoisotopic (exact) mass is 538 g/mol. The first kappa shape index (κ1) is 26.2. The molecule has 0 spiro atoms. The number of nitrogens with zero attached hydrogens (tertiary/aromatic N) is 4. The predicted octanol–water partition coefficient (Wildman–Crippen LogP) is 5.50. The molecule has 8 nitrogen and oxygen atoms in total. The van der Waals surface area contributed by atoms with Crippen molar-refractivity contribution in [2.24, 2.45) is 0 Å². The molecule has 5 rings (SSSR count). The van der Waals surface area contributed by atoms with Crippen molar-refractivity contribution in [3.8, 4) is 11.1 Å². The van der Waals surface area contributed by atoms with Crippen LogP contribution in [0, 0.1) is 5.82 Å². The summed E-state index contributed by atoms with van der Waals surface area (Å²) in [5.41, 5.74) is 1.19. The fraction of sp³-hybridized carbons (Fsp3) is 0.357. The molecule has 1 aliphatic rings. The maximum absolute atomic E-state index is 15.2. The lowest BCUT2D eigenvalue weighted by Crippen LogP contribution is -2.19. The molecule has 2 N–H and O–H groups in total. The fourth-order valence-corrected chi connectivity index (χ4v) is 5.11. The summed E-state index contributed by atoms with van der Waals surface area (Å²) in [5.74, 6) is -0.439. The van der Waals surface area contributed by atoms with Gasteiger partial charge in [-0.1, -0.05) is 31.0 Å². The van der Waals surface area contributed by atoms with E-state index in [1.165, 1.54) is 18.5 Å². The van der Waals surface area contributed by atoms with Gasteiger partial charge >= 0.3 is 5.97 Å². The van der Waals surface area contributed by atoms with Gasteiger partial charge in [0.1, 0.15) is 23.3 Å². The Labute approximate surface area is 224 Å². The lowest BCUT2D eigenvalue weighted by atomic mass is 9.97. The highest BCUT2D eigenvalue weighted by molar-refractivity contribution is 6.32. The summed E-state index contributed by atoms with van der Waals surface area (Å²) in [7, 11) is 0. The molecule has 3 heterocycles. The van der Waals surface area contributed by atoms with E-state index < -0.39 is 29.5 Å². The van der Waals surface area contributed by atoms with Gasteiger partial charge in [0, 0.05) is 46.6 Å². The summed E-state index contributed by atoms with van der Waals surface area (Å²) < 4.78 is 22.5. The van der Waals surface area contributed by atoms with Gasteiger partial charge in [-0.05, 0) is 38.5 Å². The van der Waals surface area contributed by atoms with Gasteiger partial charge < -0.3 is 19.5 Å². The topological polar surface area (TPSA) is 110 Å². The maximum atomic E-state index is 15.2. The molecule has 38 heavy (non-hydrogen) atoms. The van der Waals surface area contributed by atoms with Crippen molar-refractivity contribution in [2.75, 3.05) is 6.61 Å². The number of hydrogen-bond acceptors (Lipinski definition) is 7. The minimum Gasteiger partial charge on any atom is -0.462 e. The maximum Gasteiger partial charge on any atom is 0.338 e. The second-order valence-corrected chi connectivity index (χ2v) is 10.4. The molecular formula is C28H28ClFN4O4. The Morgan fingerprint density at radius 2 is 2.00 bits per heavy atom. The summed E-state index contributed by atoms with van der Waals surface area (Å²) in [6, 6.07) is 7.44. The number of benzene rings is 2. The largest absolute Gasteiger partial charge is 0.462 e. The van der Waals surface area contributed by atoms with Gasteiger partial charge in [0.15, 0.2) is 5.82 Å². The molecule has 0 saturated carbocycles. The third-order valence-corrected chi connectivity index (χ3v) is 7.04. The molecule has 2 atom stereocenters. The Balaban J connectivity index is 1.62. The number of imidazole rings is 1. The third kappa shape index (κ3) is 4.66. The number of aromatic nitrogens is 4. The van der Waals surface area contributed by atoms with Crippen LogP contribution in [0.2, 0.25) is 5.02 Å². The second-order valence-electron chi connectivity index (χ2n) is 9.97. The van der Waals surface area contributed by atoms with Crippen LogP contribution in [0.4, 0.5) is 4.39 Å². The number of ether oxygens (including phenoxy) is 1. The molecule has 198 valence electrons. The van der Waals surface area contributed by atoms with E-state index in [1.54, 1.807) is 42.7 Å².